The minimum atomic E-state index is -0.631. The fourth-order valence-corrected chi connectivity index (χ4v) is 1.81. The minimum Gasteiger partial charge on any atom is -1.00 e. The Bertz CT molecular complexity index is 588. The summed E-state index contributed by atoms with van der Waals surface area (Å²) >= 11 is 3.27. The van der Waals surface area contributed by atoms with Crippen LogP contribution in [0.25, 0.3) is 0 Å². The van der Waals surface area contributed by atoms with E-state index in [-0.39, 0.29) is 37.4 Å². The fraction of sp³-hybridized carbons (Fsp3) is 0.0667. The van der Waals surface area contributed by atoms with Crippen LogP contribution in [0.3, 0.4) is 0 Å². The first-order chi connectivity index (χ1) is 9.15. The van der Waals surface area contributed by atoms with Crippen molar-refractivity contribution in [3.8, 4) is 0 Å². The maximum atomic E-state index is 11.7. The van der Waals surface area contributed by atoms with Crippen molar-refractivity contribution in [1.82, 2.24) is 0 Å². The molecule has 0 aliphatic rings. The topological polar surface area (TPSA) is 43.4 Å². The van der Waals surface area contributed by atoms with Crippen molar-refractivity contribution >= 4 is 27.9 Å². The van der Waals surface area contributed by atoms with Gasteiger partial charge in [0.1, 0.15) is 0 Å². The summed E-state index contributed by atoms with van der Waals surface area (Å²) in [7, 11) is 0. The molecule has 0 amide bonds. The molecule has 0 aliphatic carbocycles. The standard InChI is InChI=1S/C15H11BrO3.Na.H/c16-13-8-6-12(7-9-13)15(18)19-14(17)10-11-4-2-1-3-5-11;;/h1-9H,10H2;;/q;+1;-1. The maximum absolute atomic E-state index is 11.7. The first kappa shape index (κ1) is 17.1. The first-order valence-electron chi connectivity index (χ1n) is 5.69. The third-order valence-corrected chi connectivity index (χ3v) is 3.01. The van der Waals surface area contributed by atoms with Crippen LogP contribution >= 0.6 is 15.9 Å². The van der Waals surface area contributed by atoms with Gasteiger partial charge in [-0.3, -0.25) is 4.79 Å². The molecule has 0 aliphatic heterocycles. The molecule has 0 N–H and O–H groups in total. The average Bonchev–Trinajstić information content (AvgIpc) is 2.40. The van der Waals surface area contributed by atoms with Crippen molar-refractivity contribution in [3.63, 3.8) is 0 Å². The summed E-state index contributed by atoms with van der Waals surface area (Å²) < 4.78 is 5.65. The van der Waals surface area contributed by atoms with Gasteiger partial charge >= 0.3 is 41.5 Å². The van der Waals surface area contributed by atoms with E-state index in [0.717, 1.165) is 10.0 Å². The molecule has 0 fully saturated rings. The van der Waals surface area contributed by atoms with Crippen LogP contribution in [0.5, 0.6) is 0 Å². The van der Waals surface area contributed by atoms with Gasteiger partial charge in [-0.2, -0.15) is 0 Å². The van der Waals surface area contributed by atoms with Crippen molar-refractivity contribution in [2.75, 3.05) is 0 Å². The molecule has 0 spiro atoms. The molecule has 0 radical (unpaired) electrons. The minimum absolute atomic E-state index is 0. The van der Waals surface area contributed by atoms with Crippen LogP contribution < -0.4 is 29.6 Å². The van der Waals surface area contributed by atoms with Gasteiger partial charge < -0.3 is 6.16 Å². The molecule has 0 unspecified atom stereocenters. The Morgan fingerprint density at radius 1 is 1.00 bits per heavy atom. The van der Waals surface area contributed by atoms with Crippen molar-refractivity contribution in [1.29, 1.82) is 0 Å². The molecule has 98 valence electrons. The average molecular weight is 343 g/mol. The number of carbonyl (C=O) groups is 2. The van der Waals surface area contributed by atoms with E-state index >= 15 is 0 Å². The number of esters is 2. The van der Waals surface area contributed by atoms with Gasteiger partial charge in [-0.25, -0.2) is 4.79 Å². The van der Waals surface area contributed by atoms with Crippen LogP contribution in [0.1, 0.15) is 17.3 Å². The van der Waals surface area contributed by atoms with E-state index in [9.17, 15) is 9.59 Å². The summed E-state index contributed by atoms with van der Waals surface area (Å²) in [5.41, 5.74) is 1.17. The van der Waals surface area contributed by atoms with Gasteiger partial charge in [-0.1, -0.05) is 46.3 Å². The van der Waals surface area contributed by atoms with Gasteiger partial charge in [-0.05, 0) is 29.8 Å². The largest absolute Gasteiger partial charge is 1.00 e. The van der Waals surface area contributed by atoms with Gasteiger partial charge in [0.25, 0.3) is 0 Å². The zero-order chi connectivity index (χ0) is 13.7. The summed E-state index contributed by atoms with van der Waals surface area (Å²) in [6.45, 7) is 0. The van der Waals surface area contributed by atoms with E-state index in [1.54, 1.807) is 24.3 Å². The molecule has 0 saturated carbocycles. The number of hydrogen-bond acceptors (Lipinski definition) is 3. The van der Waals surface area contributed by atoms with Crippen LogP contribution in [0.2, 0.25) is 0 Å². The van der Waals surface area contributed by atoms with E-state index in [2.05, 4.69) is 15.9 Å². The zero-order valence-corrected chi connectivity index (χ0v) is 14.6. The SMILES string of the molecule is O=C(Cc1ccccc1)OC(=O)c1ccc(Br)cc1.[H-].[Na+]. The van der Waals surface area contributed by atoms with Gasteiger partial charge in [0.05, 0.1) is 12.0 Å². The van der Waals surface area contributed by atoms with Crippen LogP contribution in [-0.2, 0) is 16.0 Å². The molecule has 0 atom stereocenters. The van der Waals surface area contributed by atoms with Gasteiger partial charge in [0.2, 0.25) is 0 Å². The number of carbonyl (C=O) groups excluding carboxylic acids is 2. The molecule has 0 aromatic heterocycles. The number of hydrogen-bond donors (Lipinski definition) is 0. The molecule has 3 nitrogen and oxygen atoms in total. The molecular formula is C15H12BrNaO3. The zero-order valence-electron chi connectivity index (χ0n) is 12.0. The van der Waals surface area contributed by atoms with Gasteiger partial charge in [0.15, 0.2) is 0 Å². The molecule has 2 aromatic carbocycles. The van der Waals surface area contributed by atoms with Crippen LogP contribution in [-0.4, -0.2) is 11.9 Å². The normalized spacial score (nSPS) is 9.45. The summed E-state index contributed by atoms with van der Waals surface area (Å²) in [4.78, 5) is 23.3. The molecule has 2 rings (SSSR count). The smallest absolute Gasteiger partial charge is 1.00 e. The fourth-order valence-electron chi connectivity index (χ4n) is 1.55. The van der Waals surface area contributed by atoms with Crippen LogP contribution in [0, 0.1) is 0 Å². The summed E-state index contributed by atoms with van der Waals surface area (Å²) in [6, 6.07) is 15.8. The van der Waals surface area contributed by atoms with E-state index in [0.29, 0.717) is 5.56 Å². The predicted octanol–water partition coefficient (Wildman–Crippen LogP) is 0.492. The Hall–Kier alpha value is -0.940. The Labute approximate surface area is 149 Å². The monoisotopic (exact) mass is 342 g/mol. The number of rotatable bonds is 3. The Morgan fingerprint density at radius 3 is 2.20 bits per heavy atom. The second kappa shape index (κ2) is 8.37. The molecule has 20 heavy (non-hydrogen) atoms. The van der Waals surface area contributed by atoms with Crippen LogP contribution in [0.15, 0.2) is 59.1 Å². The summed E-state index contributed by atoms with van der Waals surface area (Å²) in [6.07, 6.45) is 0.0864. The number of benzene rings is 2. The van der Waals surface area contributed by atoms with Crippen molar-refractivity contribution in [3.05, 3.63) is 70.2 Å². The molecular weight excluding hydrogens is 331 g/mol. The number of halogens is 1. The van der Waals surface area contributed by atoms with E-state index < -0.39 is 11.9 Å². The van der Waals surface area contributed by atoms with Crippen molar-refractivity contribution < 1.29 is 45.3 Å². The van der Waals surface area contributed by atoms with E-state index in [1.807, 2.05) is 30.3 Å². The third kappa shape index (κ3) is 5.21. The van der Waals surface area contributed by atoms with E-state index in [4.69, 9.17) is 4.74 Å². The second-order valence-electron chi connectivity index (χ2n) is 3.93. The van der Waals surface area contributed by atoms with Gasteiger partial charge in [-0.15, -0.1) is 0 Å². The first-order valence-corrected chi connectivity index (χ1v) is 6.49. The van der Waals surface area contributed by atoms with Crippen molar-refractivity contribution in [2.24, 2.45) is 0 Å². The summed E-state index contributed by atoms with van der Waals surface area (Å²) in [5.74, 6) is -1.19. The van der Waals surface area contributed by atoms with Crippen molar-refractivity contribution in [2.45, 2.75) is 6.42 Å². The number of ether oxygens (including phenoxy) is 1. The molecule has 0 heterocycles. The molecule has 2 aromatic rings. The molecule has 5 heteroatoms. The Morgan fingerprint density at radius 2 is 1.60 bits per heavy atom. The predicted molar refractivity (Wildman–Crippen MR) is 75.8 cm³/mol. The quantitative estimate of drug-likeness (QED) is 0.463. The van der Waals surface area contributed by atoms with Gasteiger partial charge in [0, 0.05) is 4.47 Å². The van der Waals surface area contributed by atoms with E-state index in [1.165, 1.54) is 0 Å². The molecule has 0 bridgehead atoms. The van der Waals surface area contributed by atoms with Crippen LogP contribution in [0.4, 0.5) is 0 Å². The Kier molecular flexibility index (Phi) is 7.16. The second-order valence-corrected chi connectivity index (χ2v) is 4.85. The molecule has 0 saturated heterocycles. The summed E-state index contributed by atoms with van der Waals surface area (Å²) in [5, 5.41) is 0. The third-order valence-electron chi connectivity index (χ3n) is 2.48. The maximum Gasteiger partial charge on any atom is 1.00 e. The Balaban J connectivity index is 0.00000200.